The lowest BCUT2D eigenvalue weighted by molar-refractivity contribution is -0.117. The summed E-state index contributed by atoms with van der Waals surface area (Å²) in [5.41, 5.74) is 7.66. The van der Waals surface area contributed by atoms with E-state index in [1.54, 1.807) is 6.07 Å². The van der Waals surface area contributed by atoms with Crippen LogP contribution in [-0.4, -0.2) is 17.1 Å². The summed E-state index contributed by atoms with van der Waals surface area (Å²) in [4.78, 5) is 12.1. The fourth-order valence-corrected chi connectivity index (χ4v) is 2.83. The van der Waals surface area contributed by atoms with Crippen molar-refractivity contribution in [1.82, 2.24) is 0 Å². The van der Waals surface area contributed by atoms with Crippen molar-refractivity contribution in [3.05, 3.63) is 23.8 Å². The molecule has 1 amide bonds. The molecule has 2 unspecified atom stereocenters. The van der Waals surface area contributed by atoms with Crippen LogP contribution in [-0.2, 0) is 11.2 Å². The van der Waals surface area contributed by atoms with Crippen molar-refractivity contribution in [2.75, 3.05) is 5.32 Å². The molecule has 0 spiro atoms. The molecule has 110 valence electrons. The van der Waals surface area contributed by atoms with Gasteiger partial charge in [-0.25, -0.2) is 0 Å². The Kier molecular flexibility index (Phi) is 5.01. The fraction of sp³-hybridized carbons (Fsp3) is 0.562. The molecule has 2 atom stereocenters. The van der Waals surface area contributed by atoms with Crippen molar-refractivity contribution in [2.45, 2.75) is 51.5 Å². The number of rotatable bonds is 4. The summed E-state index contributed by atoms with van der Waals surface area (Å²) < 4.78 is 0. The largest absolute Gasteiger partial charge is 0.506 e. The summed E-state index contributed by atoms with van der Waals surface area (Å²) in [6.07, 6.45) is 5.67. The van der Waals surface area contributed by atoms with Crippen LogP contribution in [0.15, 0.2) is 18.2 Å². The smallest absolute Gasteiger partial charge is 0.224 e. The molecule has 4 N–H and O–H groups in total. The van der Waals surface area contributed by atoms with E-state index in [2.05, 4.69) is 5.32 Å². The van der Waals surface area contributed by atoms with Crippen LogP contribution in [0.3, 0.4) is 0 Å². The maximum absolute atomic E-state index is 12.1. The maximum Gasteiger partial charge on any atom is 0.224 e. The Balaban J connectivity index is 1.97. The van der Waals surface area contributed by atoms with Crippen molar-refractivity contribution in [3.8, 4) is 5.75 Å². The molecule has 4 nitrogen and oxygen atoms in total. The first kappa shape index (κ1) is 14.9. The first-order valence-electron chi connectivity index (χ1n) is 7.47. The Bertz CT molecular complexity index is 474. The highest BCUT2D eigenvalue weighted by Crippen LogP contribution is 2.28. The van der Waals surface area contributed by atoms with Crippen LogP contribution in [0.1, 0.15) is 44.6 Å². The van der Waals surface area contributed by atoms with E-state index >= 15 is 0 Å². The highest BCUT2D eigenvalue weighted by Gasteiger charge is 2.24. The van der Waals surface area contributed by atoms with Crippen LogP contribution < -0.4 is 11.1 Å². The molecule has 1 aliphatic rings. The first-order chi connectivity index (χ1) is 9.60. The molecule has 0 aromatic heterocycles. The summed E-state index contributed by atoms with van der Waals surface area (Å²) in [6, 6.07) is 5.45. The average Bonchev–Trinajstić information content (AvgIpc) is 2.44. The van der Waals surface area contributed by atoms with E-state index in [-0.39, 0.29) is 23.6 Å². The number of benzene rings is 1. The summed E-state index contributed by atoms with van der Waals surface area (Å²) >= 11 is 0. The third-order valence-electron chi connectivity index (χ3n) is 4.16. The zero-order chi connectivity index (χ0) is 14.5. The molecule has 1 saturated carbocycles. The number of aromatic hydroxyl groups is 1. The number of hydrogen-bond donors (Lipinski definition) is 3. The van der Waals surface area contributed by atoms with Gasteiger partial charge in [0.1, 0.15) is 5.75 Å². The minimum absolute atomic E-state index is 0.0593. The zero-order valence-corrected chi connectivity index (χ0v) is 12.1. The van der Waals surface area contributed by atoms with E-state index < -0.39 is 0 Å². The van der Waals surface area contributed by atoms with E-state index in [0.717, 1.165) is 31.2 Å². The number of anilines is 1. The van der Waals surface area contributed by atoms with Gasteiger partial charge in [0.2, 0.25) is 5.91 Å². The van der Waals surface area contributed by atoms with Crippen LogP contribution in [0.2, 0.25) is 0 Å². The van der Waals surface area contributed by atoms with Crippen LogP contribution in [0.25, 0.3) is 0 Å². The summed E-state index contributed by atoms with van der Waals surface area (Å²) in [7, 11) is 0. The molecule has 1 aromatic carbocycles. The predicted molar refractivity (Wildman–Crippen MR) is 80.7 cm³/mol. The molecular weight excluding hydrogens is 252 g/mol. The molecule has 20 heavy (non-hydrogen) atoms. The van der Waals surface area contributed by atoms with Gasteiger partial charge in [0.05, 0.1) is 5.69 Å². The third-order valence-corrected chi connectivity index (χ3v) is 4.16. The minimum Gasteiger partial charge on any atom is -0.506 e. The van der Waals surface area contributed by atoms with Crippen molar-refractivity contribution in [1.29, 1.82) is 0 Å². The Labute approximate surface area is 120 Å². The lowest BCUT2D eigenvalue weighted by Gasteiger charge is -2.28. The predicted octanol–water partition coefficient (Wildman–Crippen LogP) is 2.80. The number of nitrogens with two attached hydrogens (primary N) is 1. The molecular formula is C16H24N2O2. The van der Waals surface area contributed by atoms with Gasteiger partial charge in [0.25, 0.3) is 0 Å². The van der Waals surface area contributed by atoms with E-state index in [9.17, 15) is 9.90 Å². The monoisotopic (exact) mass is 276 g/mol. The Hall–Kier alpha value is -1.55. The Morgan fingerprint density at radius 2 is 2.15 bits per heavy atom. The minimum atomic E-state index is -0.0593. The molecule has 0 radical (unpaired) electrons. The van der Waals surface area contributed by atoms with Crippen molar-refractivity contribution in [3.63, 3.8) is 0 Å². The van der Waals surface area contributed by atoms with Gasteiger partial charge in [-0.3, -0.25) is 4.79 Å². The second-order valence-corrected chi connectivity index (χ2v) is 5.67. The molecule has 1 fully saturated rings. The molecule has 0 bridgehead atoms. The zero-order valence-electron chi connectivity index (χ0n) is 12.1. The number of nitrogens with one attached hydrogen (secondary N) is 1. The number of phenols is 1. The van der Waals surface area contributed by atoms with E-state index in [1.807, 2.05) is 19.1 Å². The van der Waals surface area contributed by atoms with Crippen molar-refractivity contribution >= 4 is 11.6 Å². The standard InChI is InChI=1S/C16H24N2O2/c1-2-11-7-8-15(19)14(9-11)18-16(20)10-12-5-3-4-6-13(12)17/h7-9,12-13,19H,2-6,10,17H2,1H3,(H,18,20). The lowest BCUT2D eigenvalue weighted by atomic mass is 9.83. The maximum atomic E-state index is 12.1. The number of carbonyl (C=O) groups excluding carboxylic acids is 1. The number of amides is 1. The Morgan fingerprint density at radius 3 is 2.85 bits per heavy atom. The molecule has 4 heteroatoms. The van der Waals surface area contributed by atoms with Gasteiger partial charge in [-0.05, 0) is 42.9 Å². The second-order valence-electron chi connectivity index (χ2n) is 5.67. The fourth-order valence-electron chi connectivity index (χ4n) is 2.83. The van der Waals surface area contributed by atoms with Gasteiger partial charge < -0.3 is 16.2 Å². The van der Waals surface area contributed by atoms with Gasteiger partial charge in [-0.1, -0.05) is 25.8 Å². The number of carbonyl (C=O) groups is 1. The van der Waals surface area contributed by atoms with E-state index in [0.29, 0.717) is 12.1 Å². The van der Waals surface area contributed by atoms with Crippen LogP contribution in [0, 0.1) is 5.92 Å². The number of aryl methyl sites for hydroxylation is 1. The SMILES string of the molecule is CCc1ccc(O)c(NC(=O)CC2CCCCC2N)c1. The molecule has 0 heterocycles. The summed E-state index contributed by atoms with van der Waals surface area (Å²) in [5, 5.41) is 12.6. The van der Waals surface area contributed by atoms with Crippen LogP contribution in [0.4, 0.5) is 5.69 Å². The second kappa shape index (κ2) is 6.75. The number of phenolic OH excluding ortho intramolecular Hbond substituents is 1. The first-order valence-corrected chi connectivity index (χ1v) is 7.47. The normalized spacial score (nSPS) is 22.5. The van der Waals surface area contributed by atoms with Gasteiger partial charge in [0, 0.05) is 12.5 Å². The van der Waals surface area contributed by atoms with Crippen molar-refractivity contribution < 1.29 is 9.90 Å². The Morgan fingerprint density at radius 1 is 1.40 bits per heavy atom. The highest BCUT2D eigenvalue weighted by atomic mass is 16.3. The molecule has 2 rings (SSSR count). The van der Waals surface area contributed by atoms with E-state index in [4.69, 9.17) is 5.73 Å². The van der Waals surface area contributed by atoms with E-state index in [1.165, 1.54) is 6.42 Å². The topological polar surface area (TPSA) is 75.3 Å². The average molecular weight is 276 g/mol. The number of hydrogen-bond acceptors (Lipinski definition) is 3. The van der Waals surface area contributed by atoms with Gasteiger partial charge in [-0.2, -0.15) is 0 Å². The van der Waals surface area contributed by atoms with Crippen LogP contribution >= 0.6 is 0 Å². The van der Waals surface area contributed by atoms with Gasteiger partial charge in [-0.15, -0.1) is 0 Å². The summed E-state index contributed by atoms with van der Waals surface area (Å²) in [5.74, 6) is 0.319. The lowest BCUT2D eigenvalue weighted by Crippen LogP contribution is -2.35. The molecule has 0 saturated heterocycles. The highest BCUT2D eigenvalue weighted by molar-refractivity contribution is 5.92. The molecule has 1 aliphatic carbocycles. The quantitative estimate of drug-likeness (QED) is 0.740. The van der Waals surface area contributed by atoms with Gasteiger partial charge >= 0.3 is 0 Å². The molecule has 1 aromatic rings. The van der Waals surface area contributed by atoms with Gasteiger partial charge in [0.15, 0.2) is 0 Å². The van der Waals surface area contributed by atoms with Crippen LogP contribution in [0.5, 0.6) is 5.75 Å². The van der Waals surface area contributed by atoms with Crippen molar-refractivity contribution in [2.24, 2.45) is 11.7 Å². The summed E-state index contributed by atoms with van der Waals surface area (Å²) in [6.45, 7) is 2.04. The third kappa shape index (κ3) is 3.73. The molecule has 0 aliphatic heterocycles.